The Hall–Kier alpha value is -1.17. The van der Waals surface area contributed by atoms with Gasteiger partial charge >= 0.3 is 6.61 Å². The molecule has 1 saturated heterocycles. The van der Waals surface area contributed by atoms with Crippen molar-refractivity contribution in [2.75, 3.05) is 26.2 Å². The molecule has 1 N–H and O–H groups in total. The number of para-hydroxylation sites is 1. The maximum absolute atomic E-state index is 12.5. The maximum Gasteiger partial charge on any atom is 0.387 e. The fourth-order valence-electron chi connectivity index (χ4n) is 2.58. The molecule has 1 aliphatic rings. The molecule has 6 heteroatoms. The minimum absolute atomic E-state index is 0. The summed E-state index contributed by atoms with van der Waals surface area (Å²) in [5.41, 5.74) is 0.801. The van der Waals surface area contributed by atoms with Gasteiger partial charge in [-0.05, 0) is 12.5 Å². The number of hydrogen-bond donors (Lipinski definition) is 1. The van der Waals surface area contributed by atoms with Gasteiger partial charge in [-0.1, -0.05) is 24.3 Å². The van der Waals surface area contributed by atoms with Crippen LogP contribution in [0.1, 0.15) is 18.0 Å². The highest BCUT2D eigenvalue weighted by Gasteiger charge is 2.24. The van der Waals surface area contributed by atoms with Crippen LogP contribution >= 0.6 is 12.4 Å². The number of ether oxygens (including phenoxy) is 1. The molecule has 1 heterocycles. The molecule has 0 radical (unpaired) electrons. The van der Waals surface area contributed by atoms with Crippen molar-refractivity contribution >= 4 is 12.4 Å². The van der Waals surface area contributed by atoms with Gasteiger partial charge in [-0.25, -0.2) is 0 Å². The van der Waals surface area contributed by atoms with Crippen LogP contribution < -0.4 is 10.1 Å². The second-order valence-electron chi connectivity index (χ2n) is 4.74. The molecule has 0 aromatic heterocycles. The van der Waals surface area contributed by atoms with Crippen LogP contribution in [0.4, 0.5) is 8.78 Å². The molecule has 0 amide bonds. The van der Waals surface area contributed by atoms with E-state index in [2.05, 4.69) is 21.5 Å². The smallest absolute Gasteiger partial charge is 0.387 e. The van der Waals surface area contributed by atoms with Crippen LogP contribution in [-0.4, -0.2) is 37.7 Å². The molecule has 21 heavy (non-hydrogen) atoms. The van der Waals surface area contributed by atoms with Crippen molar-refractivity contribution in [2.45, 2.75) is 19.1 Å². The average Bonchev–Trinajstić information content (AvgIpc) is 2.46. The van der Waals surface area contributed by atoms with Crippen molar-refractivity contribution < 1.29 is 13.5 Å². The van der Waals surface area contributed by atoms with E-state index in [9.17, 15) is 8.78 Å². The molecular formula is C15H21ClF2N2O. The summed E-state index contributed by atoms with van der Waals surface area (Å²) in [6, 6.07) is 7.05. The second kappa shape index (κ2) is 8.97. The van der Waals surface area contributed by atoms with Crippen LogP contribution in [0.5, 0.6) is 5.75 Å². The Bertz CT molecular complexity index is 439. The molecule has 0 aliphatic carbocycles. The van der Waals surface area contributed by atoms with Gasteiger partial charge in [0.2, 0.25) is 0 Å². The third kappa shape index (κ3) is 4.95. The molecule has 1 aromatic carbocycles. The SMILES string of the molecule is C=CC[C@@H](c1ccccc1OC(F)F)N1CCNCC1.Cl. The molecular weight excluding hydrogens is 298 g/mol. The first-order chi connectivity index (χ1) is 9.72. The lowest BCUT2D eigenvalue weighted by atomic mass is 10.00. The number of benzene rings is 1. The van der Waals surface area contributed by atoms with E-state index in [1.54, 1.807) is 12.1 Å². The summed E-state index contributed by atoms with van der Waals surface area (Å²) >= 11 is 0. The zero-order valence-electron chi connectivity index (χ0n) is 11.8. The first kappa shape index (κ1) is 17.9. The molecule has 1 fully saturated rings. The zero-order valence-corrected chi connectivity index (χ0v) is 12.6. The largest absolute Gasteiger partial charge is 0.434 e. The topological polar surface area (TPSA) is 24.5 Å². The van der Waals surface area contributed by atoms with Gasteiger partial charge in [0.15, 0.2) is 0 Å². The first-order valence-corrected chi connectivity index (χ1v) is 6.81. The summed E-state index contributed by atoms with van der Waals surface area (Å²) in [4.78, 5) is 2.28. The van der Waals surface area contributed by atoms with Crippen molar-refractivity contribution in [3.05, 3.63) is 42.5 Å². The first-order valence-electron chi connectivity index (χ1n) is 6.81. The van der Waals surface area contributed by atoms with Crippen LogP contribution in [0.25, 0.3) is 0 Å². The molecule has 0 saturated carbocycles. The van der Waals surface area contributed by atoms with Crippen molar-refractivity contribution in [1.82, 2.24) is 10.2 Å². The fourth-order valence-corrected chi connectivity index (χ4v) is 2.58. The Kier molecular flexibility index (Phi) is 7.64. The van der Waals surface area contributed by atoms with Gasteiger partial charge in [0.05, 0.1) is 0 Å². The number of halogens is 3. The highest BCUT2D eigenvalue weighted by Crippen LogP contribution is 2.33. The summed E-state index contributed by atoms with van der Waals surface area (Å²) in [5.74, 6) is 0.257. The van der Waals surface area contributed by atoms with E-state index >= 15 is 0 Å². The number of rotatable bonds is 6. The standard InChI is InChI=1S/C15H20F2N2O.ClH/c1-2-5-13(19-10-8-18-9-11-19)12-6-3-4-7-14(12)20-15(16)17;/h2-4,6-7,13,15,18H,1,5,8-11H2;1H/t13-;/m0./s1. The van der Waals surface area contributed by atoms with Crippen LogP contribution in [0.15, 0.2) is 36.9 Å². The molecule has 0 spiro atoms. The minimum Gasteiger partial charge on any atom is -0.434 e. The van der Waals surface area contributed by atoms with Crippen LogP contribution in [0.2, 0.25) is 0 Å². The van der Waals surface area contributed by atoms with Gasteiger partial charge in [0.25, 0.3) is 0 Å². The number of nitrogens with zero attached hydrogens (tertiary/aromatic N) is 1. The van der Waals surface area contributed by atoms with E-state index in [0.717, 1.165) is 31.7 Å². The molecule has 1 aromatic rings. The monoisotopic (exact) mass is 318 g/mol. The fraction of sp³-hybridized carbons (Fsp3) is 0.467. The number of nitrogens with one attached hydrogen (secondary N) is 1. The molecule has 1 atom stereocenters. The van der Waals surface area contributed by atoms with Gasteiger partial charge < -0.3 is 10.1 Å². The Morgan fingerprint density at radius 2 is 1.95 bits per heavy atom. The molecule has 0 bridgehead atoms. The van der Waals surface area contributed by atoms with Crippen LogP contribution in [-0.2, 0) is 0 Å². The van der Waals surface area contributed by atoms with Crippen LogP contribution in [0, 0.1) is 0 Å². The summed E-state index contributed by atoms with van der Waals surface area (Å²) < 4.78 is 29.7. The predicted octanol–water partition coefficient (Wildman–Crippen LogP) is 3.23. The Labute approximate surface area is 130 Å². The summed E-state index contributed by atoms with van der Waals surface area (Å²) in [6.45, 7) is 4.58. The van der Waals surface area contributed by atoms with Gasteiger partial charge in [-0.2, -0.15) is 8.78 Å². The maximum atomic E-state index is 12.5. The van der Waals surface area contributed by atoms with Crippen molar-refractivity contribution in [2.24, 2.45) is 0 Å². The van der Waals surface area contributed by atoms with E-state index in [4.69, 9.17) is 0 Å². The summed E-state index contributed by atoms with van der Waals surface area (Å²) in [5, 5.41) is 3.29. The van der Waals surface area contributed by atoms with Gasteiger partial charge in [-0.3, -0.25) is 4.90 Å². The van der Waals surface area contributed by atoms with Gasteiger partial charge in [0, 0.05) is 37.8 Å². The lowest BCUT2D eigenvalue weighted by molar-refractivity contribution is -0.0512. The van der Waals surface area contributed by atoms with E-state index in [-0.39, 0.29) is 24.2 Å². The Balaban J connectivity index is 0.00000220. The highest BCUT2D eigenvalue weighted by atomic mass is 35.5. The third-order valence-corrected chi connectivity index (χ3v) is 3.48. The van der Waals surface area contributed by atoms with E-state index in [0.29, 0.717) is 6.42 Å². The number of alkyl halides is 2. The minimum atomic E-state index is -2.80. The predicted molar refractivity (Wildman–Crippen MR) is 82.3 cm³/mol. The third-order valence-electron chi connectivity index (χ3n) is 3.48. The lowest BCUT2D eigenvalue weighted by Gasteiger charge is -2.35. The molecule has 2 rings (SSSR count). The summed E-state index contributed by atoms with van der Waals surface area (Å²) in [6.07, 6.45) is 2.54. The molecule has 118 valence electrons. The van der Waals surface area contributed by atoms with E-state index in [1.807, 2.05) is 18.2 Å². The van der Waals surface area contributed by atoms with E-state index in [1.165, 1.54) is 0 Å². The Morgan fingerprint density at radius 1 is 1.29 bits per heavy atom. The van der Waals surface area contributed by atoms with Gasteiger partial charge in [0.1, 0.15) is 5.75 Å². The Morgan fingerprint density at radius 3 is 2.57 bits per heavy atom. The molecule has 1 aliphatic heterocycles. The van der Waals surface area contributed by atoms with Crippen molar-refractivity contribution in [3.8, 4) is 5.75 Å². The number of piperazine rings is 1. The highest BCUT2D eigenvalue weighted by molar-refractivity contribution is 5.85. The number of hydrogen-bond acceptors (Lipinski definition) is 3. The van der Waals surface area contributed by atoms with Gasteiger partial charge in [-0.15, -0.1) is 19.0 Å². The normalized spacial score (nSPS) is 17.1. The van der Waals surface area contributed by atoms with E-state index < -0.39 is 6.61 Å². The zero-order chi connectivity index (χ0) is 14.4. The average molecular weight is 319 g/mol. The van der Waals surface area contributed by atoms with Crippen molar-refractivity contribution in [3.63, 3.8) is 0 Å². The summed E-state index contributed by atoms with van der Waals surface area (Å²) in [7, 11) is 0. The molecule has 0 unspecified atom stereocenters. The lowest BCUT2D eigenvalue weighted by Crippen LogP contribution is -2.45. The quantitative estimate of drug-likeness (QED) is 0.815. The second-order valence-corrected chi connectivity index (χ2v) is 4.74. The van der Waals surface area contributed by atoms with Crippen LogP contribution in [0.3, 0.4) is 0 Å². The molecule has 3 nitrogen and oxygen atoms in total. The van der Waals surface area contributed by atoms with Crippen molar-refractivity contribution in [1.29, 1.82) is 0 Å².